The molecule has 140 valence electrons. The van der Waals surface area contributed by atoms with Crippen molar-refractivity contribution in [3.05, 3.63) is 81.6 Å². The van der Waals surface area contributed by atoms with Crippen LogP contribution in [0.3, 0.4) is 0 Å². The van der Waals surface area contributed by atoms with Gasteiger partial charge in [-0.3, -0.25) is 0 Å². The normalized spacial score (nSPS) is 11.4. The second kappa shape index (κ2) is 7.72. The van der Waals surface area contributed by atoms with Crippen molar-refractivity contribution >= 4 is 47.0 Å². The highest BCUT2D eigenvalue weighted by molar-refractivity contribution is 6.36. The van der Waals surface area contributed by atoms with Crippen LogP contribution in [0, 0.1) is 0 Å². The van der Waals surface area contributed by atoms with Crippen LogP contribution in [-0.2, 0) is 0 Å². The maximum atomic E-state index is 6.24. The number of imidazole rings is 1. The van der Waals surface area contributed by atoms with Gasteiger partial charge in [0.1, 0.15) is 11.5 Å². The summed E-state index contributed by atoms with van der Waals surface area (Å²) in [6, 6.07) is 16.2. The molecule has 28 heavy (non-hydrogen) atoms. The van der Waals surface area contributed by atoms with Crippen molar-refractivity contribution in [2.24, 2.45) is 5.10 Å². The quantitative estimate of drug-likeness (QED) is 0.389. The van der Waals surface area contributed by atoms with Gasteiger partial charge in [-0.05, 0) is 42.5 Å². The van der Waals surface area contributed by atoms with Crippen LogP contribution in [0.5, 0.6) is 0 Å². The van der Waals surface area contributed by atoms with Gasteiger partial charge >= 0.3 is 0 Å². The Morgan fingerprint density at radius 3 is 2.46 bits per heavy atom. The van der Waals surface area contributed by atoms with Gasteiger partial charge < -0.3 is 10.2 Å². The van der Waals surface area contributed by atoms with Crippen molar-refractivity contribution in [2.75, 3.05) is 5.73 Å². The minimum atomic E-state index is 0.258. The Morgan fingerprint density at radius 1 is 0.964 bits per heavy atom. The Balaban J connectivity index is 1.63. The maximum Gasteiger partial charge on any atom is 0.221 e. The number of furan rings is 1. The van der Waals surface area contributed by atoms with E-state index in [-0.39, 0.29) is 5.95 Å². The summed E-state index contributed by atoms with van der Waals surface area (Å²) < 4.78 is 7.35. The largest absolute Gasteiger partial charge is 0.455 e. The molecule has 0 fully saturated rings. The van der Waals surface area contributed by atoms with Gasteiger partial charge in [-0.15, -0.1) is 0 Å². The molecule has 0 spiro atoms. The van der Waals surface area contributed by atoms with Crippen molar-refractivity contribution in [3.8, 4) is 22.6 Å². The lowest BCUT2D eigenvalue weighted by molar-refractivity contribution is 0.574. The topological polar surface area (TPSA) is 69.3 Å². The summed E-state index contributed by atoms with van der Waals surface area (Å²) in [6.45, 7) is 0. The van der Waals surface area contributed by atoms with Gasteiger partial charge in [0.05, 0.1) is 23.1 Å². The zero-order valence-electron chi connectivity index (χ0n) is 14.3. The van der Waals surface area contributed by atoms with E-state index in [1.54, 1.807) is 48.8 Å². The third-order valence-electron chi connectivity index (χ3n) is 4.03. The van der Waals surface area contributed by atoms with Crippen molar-refractivity contribution < 1.29 is 4.42 Å². The lowest BCUT2D eigenvalue weighted by atomic mass is 10.2. The molecule has 0 aliphatic rings. The molecule has 0 radical (unpaired) electrons. The molecule has 0 saturated carbocycles. The number of nitrogens with zero attached hydrogens (tertiary/aromatic N) is 3. The van der Waals surface area contributed by atoms with Crippen LogP contribution in [0.15, 0.2) is 70.3 Å². The fourth-order valence-corrected chi connectivity index (χ4v) is 3.30. The van der Waals surface area contributed by atoms with E-state index in [4.69, 9.17) is 45.0 Å². The van der Waals surface area contributed by atoms with Crippen molar-refractivity contribution in [2.45, 2.75) is 0 Å². The monoisotopic (exact) mass is 430 g/mol. The standard InChI is InChI=1S/C20H13Cl3N4O/c21-13-3-1-12(2-4-13)18-11-25-20(24)27(18)26-10-15-6-8-19(28-15)16-7-5-14(22)9-17(16)23/h1-11H,(H2,24,25). The first-order valence-corrected chi connectivity index (χ1v) is 9.33. The van der Waals surface area contributed by atoms with Crippen molar-refractivity contribution in [3.63, 3.8) is 0 Å². The molecule has 0 saturated heterocycles. The molecule has 0 bridgehead atoms. The molecule has 8 heteroatoms. The molecule has 5 nitrogen and oxygen atoms in total. The molecule has 0 amide bonds. The van der Waals surface area contributed by atoms with Gasteiger partial charge in [0, 0.05) is 21.2 Å². The number of nitrogens with two attached hydrogens (primary N) is 1. The minimum absolute atomic E-state index is 0.258. The van der Waals surface area contributed by atoms with Crippen molar-refractivity contribution in [1.82, 2.24) is 9.66 Å². The molecule has 0 aliphatic heterocycles. The summed E-state index contributed by atoms with van der Waals surface area (Å²) in [5.74, 6) is 1.41. The molecule has 2 N–H and O–H groups in total. The molecule has 2 heterocycles. The molecule has 4 aromatic rings. The summed E-state index contributed by atoms with van der Waals surface area (Å²) >= 11 is 18.1. The zero-order chi connectivity index (χ0) is 19.7. The van der Waals surface area contributed by atoms with Gasteiger partial charge in [-0.2, -0.15) is 9.78 Å². The third kappa shape index (κ3) is 3.78. The number of anilines is 1. The number of aromatic nitrogens is 2. The van der Waals surface area contributed by atoms with E-state index in [0.29, 0.717) is 26.6 Å². The van der Waals surface area contributed by atoms with Crippen LogP contribution in [0.4, 0.5) is 5.95 Å². The number of rotatable bonds is 4. The smallest absolute Gasteiger partial charge is 0.221 e. The zero-order valence-corrected chi connectivity index (χ0v) is 16.6. The van der Waals surface area contributed by atoms with E-state index in [1.807, 2.05) is 18.2 Å². The molecule has 2 aromatic heterocycles. The minimum Gasteiger partial charge on any atom is -0.455 e. The van der Waals surface area contributed by atoms with E-state index in [1.165, 1.54) is 4.68 Å². The summed E-state index contributed by atoms with van der Waals surface area (Å²) in [5.41, 5.74) is 8.32. The summed E-state index contributed by atoms with van der Waals surface area (Å²) in [5, 5.41) is 6.12. The lowest BCUT2D eigenvalue weighted by Crippen LogP contribution is -1.99. The highest BCUT2D eigenvalue weighted by atomic mass is 35.5. The highest BCUT2D eigenvalue weighted by Gasteiger charge is 2.11. The maximum absolute atomic E-state index is 6.24. The molecule has 0 unspecified atom stereocenters. The fourth-order valence-electron chi connectivity index (χ4n) is 2.67. The molecule has 4 rings (SSSR count). The Morgan fingerprint density at radius 2 is 1.71 bits per heavy atom. The molecular formula is C20H13Cl3N4O. The summed E-state index contributed by atoms with van der Waals surface area (Å²) in [4.78, 5) is 4.13. The number of nitrogen functional groups attached to an aromatic ring is 1. The predicted octanol–water partition coefficient (Wildman–Crippen LogP) is 6.23. The molecule has 0 aliphatic carbocycles. The number of halogens is 3. The van der Waals surface area contributed by atoms with Crippen molar-refractivity contribution in [1.29, 1.82) is 0 Å². The highest BCUT2D eigenvalue weighted by Crippen LogP contribution is 2.31. The Bertz CT molecular complexity index is 1160. The van der Waals surface area contributed by atoms with E-state index in [9.17, 15) is 0 Å². The van der Waals surface area contributed by atoms with E-state index >= 15 is 0 Å². The average Bonchev–Trinajstić information content (AvgIpc) is 3.27. The van der Waals surface area contributed by atoms with E-state index in [2.05, 4.69) is 10.1 Å². The Labute approximate surface area is 176 Å². The van der Waals surface area contributed by atoms with E-state index < -0.39 is 0 Å². The molecular weight excluding hydrogens is 419 g/mol. The SMILES string of the molecule is Nc1ncc(-c2ccc(Cl)cc2)n1N=Cc1ccc(-c2ccc(Cl)cc2Cl)o1. The number of hydrogen-bond acceptors (Lipinski definition) is 4. The van der Waals surface area contributed by atoms with Crippen LogP contribution in [0.1, 0.15) is 5.76 Å². The van der Waals surface area contributed by atoms with Gasteiger partial charge in [-0.25, -0.2) is 4.98 Å². The van der Waals surface area contributed by atoms with Crippen LogP contribution in [0.2, 0.25) is 15.1 Å². The average molecular weight is 432 g/mol. The Kier molecular flexibility index (Phi) is 5.13. The van der Waals surface area contributed by atoms with Crippen LogP contribution >= 0.6 is 34.8 Å². The van der Waals surface area contributed by atoms with Gasteiger partial charge in [0.25, 0.3) is 0 Å². The third-order valence-corrected chi connectivity index (χ3v) is 4.83. The van der Waals surface area contributed by atoms with E-state index in [0.717, 1.165) is 16.8 Å². The first-order chi connectivity index (χ1) is 13.5. The first-order valence-electron chi connectivity index (χ1n) is 8.20. The molecule has 2 aromatic carbocycles. The van der Waals surface area contributed by atoms with Crippen LogP contribution in [-0.4, -0.2) is 15.9 Å². The van der Waals surface area contributed by atoms with Gasteiger partial charge in [0.2, 0.25) is 5.95 Å². The fraction of sp³-hybridized carbons (Fsp3) is 0. The summed E-state index contributed by atoms with van der Waals surface area (Å²) in [7, 11) is 0. The predicted molar refractivity (Wildman–Crippen MR) is 114 cm³/mol. The lowest BCUT2D eigenvalue weighted by Gasteiger charge is -2.04. The van der Waals surface area contributed by atoms with Crippen LogP contribution in [0.25, 0.3) is 22.6 Å². The second-order valence-corrected chi connectivity index (χ2v) is 7.17. The summed E-state index contributed by atoms with van der Waals surface area (Å²) in [6.07, 6.45) is 3.21. The first kappa shape index (κ1) is 18.6. The van der Waals surface area contributed by atoms with Crippen LogP contribution < -0.4 is 5.73 Å². The number of hydrogen-bond donors (Lipinski definition) is 1. The van der Waals surface area contributed by atoms with Gasteiger partial charge in [-0.1, -0.05) is 46.9 Å². The number of benzene rings is 2. The Hall–Kier alpha value is -2.73. The molecule has 0 atom stereocenters. The second-order valence-electron chi connectivity index (χ2n) is 5.89. The van der Waals surface area contributed by atoms with Gasteiger partial charge in [0.15, 0.2) is 0 Å².